The smallest absolute Gasteiger partial charge is 0.224 e. The first-order chi connectivity index (χ1) is 10.2. The second kappa shape index (κ2) is 6.31. The molecule has 112 valence electrons. The topological polar surface area (TPSA) is 70.9 Å². The molecule has 0 aliphatic heterocycles. The summed E-state index contributed by atoms with van der Waals surface area (Å²) in [6.07, 6.45) is 7.91. The summed E-state index contributed by atoms with van der Waals surface area (Å²) in [6, 6.07) is 8.29. The molecular weight excluding hydrogens is 262 g/mol. The Balaban J connectivity index is 1.66. The van der Waals surface area contributed by atoms with Crippen LogP contribution in [0.15, 0.2) is 30.5 Å². The molecular formula is C17H23N3O. The Morgan fingerprint density at radius 2 is 2.05 bits per heavy atom. The molecule has 4 heteroatoms. The lowest BCUT2D eigenvalue weighted by molar-refractivity contribution is -0.121. The van der Waals surface area contributed by atoms with E-state index in [2.05, 4.69) is 10.3 Å². The average molecular weight is 285 g/mol. The van der Waals surface area contributed by atoms with E-state index in [9.17, 15) is 4.79 Å². The van der Waals surface area contributed by atoms with Gasteiger partial charge in [0.1, 0.15) is 0 Å². The van der Waals surface area contributed by atoms with Gasteiger partial charge in [-0.2, -0.15) is 0 Å². The molecule has 1 aromatic heterocycles. The van der Waals surface area contributed by atoms with Gasteiger partial charge < -0.3 is 16.0 Å². The fourth-order valence-corrected chi connectivity index (χ4v) is 3.22. The van der Waals surface area contributed by atoms with Gasteiger partial charge in [0.2, 0.25) is 5.91 Å². The number of H-pyrrole nitrogens is 1. The predicted molar refractivity (Wildman–Crippen MR) is 85.0 cm³/mol. The van der Waals surface area contributed by atoms with Crippen LogP contribution in [0.25, 0.3) is 10.9 Å². The molecule has 1 aliphatic rings. The first-order valence-electron chi connectivity index (χ1n) is 7.84. The number of fused-ring (bicyclic) bond motifs is 1. The van der Waals surface area contributed by atoms with Gasteiger partial charge >= 0.3 is 0 Å². The number of carbonyl (C=O) groups is 1. The van der Waals surface area contributed by atoms with Gasteiger partial charge in [-0.15, -0.1) is 0 Å². The lowest BCUT2D eigenvalue weighted by Crippen LogP contribution is -2.47. The molecule has 2 unspecified atom stereocenters. The number of aromatic amines is 1. The molecule has 4 nitrogen and oxygen atoms in total. The van der Waals surface area contributed by atoms with Gasteiger partial charge in [-0.3, -0.25) is 4.79 Å². The van der Waals surface area contributed by atoms with Crippen molar-refractivity contribution in [1.82, 2.24) is 10.3 Å². The van der Waals surface area contributed by atoms with Gasteiger partial charge in [0.25, 0.3) is 0 Å². The van der Waals surface area contributed by atoms with Crippen molar-refractivity contribution < 1.29 is 4.79 Å². The number of nitrogens with one attached hydrogen (secondary N) is 2. The van der Waals surface area contributed by atoms with Crippen molar-refractivity contribution in [2.75, 3.05) is 0 Å². The molecule has 1 saturated carbocycles. The highest BCUT2D eigenvalue weighted by Crippen LogP contribution is 2.19. The highest BCUT2D eigenvalue weighted by Gasteiger charge is 2.22. The summed E-state index contributed by atoms with van der Waals surface area (Å²) in [5, 5.41) is 4.26. The van der Waals surface area contributed by atoms with Crippen LogP contribution in [0.5, 0.6) is 0 Å². The first kappa shape index (κ1) is 14.1. The third-order valence-corrected chi connectivity index (χ3v) is 4.44. The summed E-state index contributed by atoms with van der Waals surface area (Å²) < 4.78 is 0. The summed E-state index contributed by atoms with van der Waals surface area (Å²) in [6.45, 7) is 0. The van der Waals surface area contributed by atoms with E-state index < -0.39 is 0 Å². The second-order valence-electron chi connectivity index (χ2n) is 6.01. The molecule has 3 rings (SSSR count). The van der Waals surface area contributed by atoms with Crippen molar-refractivity contribution in [2.45, 2.75) is 50.6 Å². The molecule has 21 heavy (non-hydrogen) atoms. The largest absolute Gasteiger partial charge is 0.361 e. The van der Waals surface area contributed by atoms with Gasteiger partial charge in [0.15, 0.2) is 0 Å². The van der Waals surface area contributed by atoms with Crippen LogP contribution < -0.4 is 11.1 Å². The summed E-state index contributed by atoms with van der Waals surface area (Å²) >= 11 is 0. The summed E-state index contributed by atoms with van der Waals surface area (Å²) in [7, 11) is 0. The van der Waals surface area contributed by atoms with Crippen molar-refractivity contribution in [2.24, 2.45) is 5.73 Å². The summed E-state index contributed by atoms with van der Waals surface area (Å²) in [5.41, 5.74) is 8.29. The number of nitrogens with two attached hydrogens (primary N) is 1. The van der Waals surface area contributed by atoms with E-state index in [1.54, 1.807) is 0 Å². The molecule has 1 fully saturated rings. The Bertz CT molecular complexity index is 619. The molecule has 0 radical (unpaired) electrons. The Hall–Kier alpha value is -1.81. The van der Waals surface area contributed by atoms with Gasteiger partial charge in [0, 0.05) is 29.2 Å². The van der Waals surface area contributed by atoms with Crippen LogP contribution in [0.3, 0.4) is 0 Å². The highest BCUT2D eigenvalue weighted by atomic mass is 16.1. The number of para-hydroxylation sites is 1. The zero-order chi connectivity index (χ0) is 14.7. The van der Waals surface area contributed by atoms with Crippen molar-refractivity contribution in [1.29, 1.82) is 0 Å². The maximum atomic E-state index is 12.3. The van der Waals surface area contributed by atoms with E-state index in [4.69, 9.17) is 5.73 Å². The molecule has 0 saturated heterocycles. The third-order valence-electron chi connectivity index (χ3n) is 4.44. The molecule has 1 aromatic carbocycles. The third kappa shape index (κ3) is 3.27. The van der Waals surface area contributed by atoms with E-state index in [0.29, 0.717) is 6.42 Å². The Kier molecular flexibility index (Phi) is 4.25. The minimum Gasteiger partial charge on any atom is -0.361 e. The van der Waals surface area contributed by atoms with Gasteiger partial charge in [-0.25, -0.2) is 0 Å². The molecule has 1 amide bonds. The number of hydrogen-bond acceptors (Lipinski definition) is 2. The maximum absolute atomic E-state index is 12.3. The molecule has 2 aromatic rings. The Morgan fingerprint density at radius 3 is 2.95 bits per heavy atom. The number of rotatable bonds is 3. The molecule has 0 spiro atoms. The molecule has 4 N–H and O–H groups in total. The fraction of sp³-hybridized carbons (Fsp3) is 0.471. The summed E-state index contributed by atoms with van der Waals surface area (Å²) in [5.74, 6) is 0.0714. The number of aromatic nitrogens is 1. The van der Waals surface area contributed by atoms with Crippen LogP contribution in [-0.4, -0.2) is 23.0 Å². The van der Waals surface area contributed by atoms with Crippen LogP contribution in [0.2, 0.25) is 0 Å². The minimum atomic E-state index is 0.0714. The van der Waals surface area contributed by atoms with E-state index in [0.717, 1.165) is 35.7 Å². The maximum Gasteiger partial charge on any atom is 0.224 e. The molecule has 1 heterocycles. The van der Waals surface area contributed by atoms with Crippen LogP contribution in [0, 0.1) is 0 Å². The van der Waals surface area contributed by atoms with Crippen molar-refractivity contribution >= 4 is 16.8 Å². The number of carbonyl (C=O) groups excluding carboxylic acids is 1. The van der Waals surface area contributed by atoms with Crippen LogP contribution in [0.1, 0.15) is 37.7 Å². The van der Waals surface area contributed by atoms with Gasteiger partial charge in [-0.05, 0) is 24.5 Å². The van der Waals surface area contributed by atoms with E-state index in [-0.39, 0.29) is 18.0 Å². The van der Waals surface area contributed by atoms with Gasteiger partial charge in [0.05, 0.1) is 6.42 Å². The number of amides is 1. The second-order valence-corrected chi connectivity index (χ2v) is 6.01. The van der Waals surface area contributed by atoms with Crippen molar-refractivity contribution in [3.63, 3.8) is 0 Å². The quantitative estimate of drug-likeness (QED) is 0.758. The molecule has 1 aliphatic carbocycles. The highest BCUT2D eigenvalue weighted by molar-refractivity contribution is 5.88. The van der Waals surface area contributed by atoms with Crippen LogP contribution in [-0.2, 0) is 11.2 Å². The zero-order valence-corrected chi connectivity index (χ0v) is 12.3. The SMILES string of the molecule is NC1CCCCCC1NC(=O)Cc1c[nH]c2ccccc12. The Morgan fingerprint density at radius 1 is 1.24 bits per heavy atom. The minimum absolute atomic E-state index is 0.0714. The van der Waals surface area contributed by atoms with Crippen LogP contribution in [0.4, 0.5) is 0 Å². The lowest BCUT2D eigenvalue weighted by atomic mass is 10.0. The van der Waals surface area contributed by atoms with E-state index in [1.807, 2.05) is 30.5 Å². The van der Waals surface area contributed by atoms with E-state index in [1.165, 1.54) is 12.8 Å². The number of hydrogen-bond donors (Lipinski definition) is 3. The van der Waals surface area contributed by atoms with Crippen LogP contribution >= 0.6 is 0 Å². The summed E-state index contributed by atoms with van der Waals surface area (Å²) in [4.78, 5) is 15.5. The standard InChI is InChI=1S/C17H23N3O/c18-14-7-2-1-3-9-16(14)20-17(21)10-12-11-19-15-8-5-4-6-13(12)15/h4-6,8,11,14,16,19H,1-3,7,9-10,18H2,(H,20,21). The Labute approximate surface area is 125 Å². The first-order valence-corrected chi connectivity index (χ1v) is 7.84. The normalized spacial score (nSPS) is 22.9. The average Bonchev–Trinajstić information content (AvgIpc) is 2.77. The molecule has 0 bridgehead atoms. The van der Waals surface area contributed by atoms with Gasteiger partial charge in [-0.1, -0.05) is 37.5 Å². The molecule has 2 atom stereocenters. The number of benzene rings is 1. The zero-order valence-electron chi connectivity index (χ0n) is 12.3. The predicted octanol–water partition coefficient (Wildman–Crippen LogP) is 2.49. The van der Waals surface area contributed by atoms with Crippen molar-refractivity contribution in [3.05, 3.63) is 36.0 Å². The monoisotopic (exact) mass is 285 g/mol. The van der Waals surface area contributed by atoms with E-state index >= 15 is 0 Å². The fourth-order valence-electron chi connectivity index (χ4n) is 3.22. The van der Waals surface area contributed by atoms with Crippen molar-refractivity contribution in [3.8, 4) is 0 Å². The lowest BCUT2D eigenvalue weighted by Gasteiger charge is -2.22.